The first kappa shape index (κ1) is 14.1. The molecule has 1 aromatic carbocycles. The van der Waals surface area contributed by atoms with Crippen LogP contribution in [0.2, 0.25) is 0 Å². The van der Waals surface area contributed by atoms with E-state index in [1.807, 2.05) is 6.07 Å². The Balaban J connectivity index is 2.21. The zero-order valence-corrected chi connectivity index (χ0v) is 12.6. The van der Waals surface area contributed by atoms with Crippen LogP contribution in [0.25, 0.3) is 0 Å². The molecule has 1 aromatic heterocycles. The fourth-order valence-corrected chi connectivity index (χ4v) is 3.25. The standard InChI is InChI=1S/C16H21NOS/c1-4-17-14(16-15(18-3)8-9-19-16)11-13-7-5-6-12(2)10-13/h5-10,14,17H,4,11H2,1-3H3. The molecule has 3 heteroatoms. The molecule has 1 N–H and O–H groups in total. The van der Waals surface area contributed by atoms with E-state index in [0.717, 1.165) is 18.7 Å². The number of thiophene rings is 1. The third-order valence-corrected chi connectivity index (χ3v) is 4.18. The normalized spacial score (nSPS) is 12.4. The third-order valence-electron chi connectivity index (χ3n) is 3.17. The van der Waals surface area contributed by atoms with Crippen LogP contribution < -0.4 is 10.1 Å². The molecule has 0 radical (unpaired) electrons. The number of rotatable bonds is 6. The average Bonchev–Trinajstić information content (AvgIpc) is 2.86. The van der Waals surface area contributed by atoms with E-state index >= 15 is 0 Å². The summed E-state index contributed by atoms with van der Waals surface area (Å²) >= 11 is 1.76. The van der Waals surface area contributed by atoms with Crippen molar-refractivity contribution in [3.63, 3.8) is 0 Å². The van der Waals surface area contributed by atoms with Crippen molar-refractivity contribution in [1.82, 2.24) is 5.32 Å². The Hall–Kier alpha value is -1.32. The number of aryl methyl sites for hydroxylation is 1. The Morgan fingerprint density at radius 2 is 2.16 bits per heavy atom. The number of nitrogens with one attached hydrogen (secondary N) is 1. The highest BCUT2D eigenvalue weighted by atomic mass is 32.1. The van der Waals surface area contributed by atoms with Crippen molar-refractivity contribution in [2.45, 2.75) is 26.3 Å². The maximum absolute atomic E-state index is 5.44. The van der Waals surface area contributed by atoms with E-state index in [9.17, 15) is 0 Å². The second-order valence-corrected chi connectivity index (χ2v) is 5.60. The Morgan fingerprint density at radius 1 is 1.32 bits per heavy atom. The molecule has 0 aliphatic heterocycles. The van der Waals surface area contributed by atoms with Gasteiger partial charge in [0.25, 0.3) is 0 Å². The van der Waals surface area contributed by atoms with E-state index in [-0.39, 0.29) is 0 Å². The van der Waals surface area contributed by atoms with Crippen molar-refractivity contribution in [3.05, 3.63) is 51.7 Å². The number of methoxy groups -OCH3 is 1. The lowest BCUT2D eigenvalue weighted by Crippen LogP contribution is -2.22. The van der Waals surface area contributed by atoms with Crippen molar-refractivity contribution in [3.8, 4) is 5.75 Å². The minimum atomic E-state index is 0.321. The van der Waals surface area contributed by atoms with Crippen LogP contribution in [0.5, 0.6) is 5.75 Å². The van der Waals surface area contributed by atoms with Gasteiger partial charge >= 0.3 is 0 Å². The molecule has 102 valence electrons. The molecule has 0 bridgehead atoms. The van der Waals surface area contributed by atoms with Crippen molar-refractivity contribution in [2.75, 3.05) is 13.7 Å². The minimum Gasteiger partial charge on any atom is -0.496 e. The Labute approximate surface area is 119 Å². The summed E-state index contributed by atoms with van der Waals surface area (Å²) in [6.07, 6.45) is 0.992. The maximum Gasteiger partial charge on any atom is 0.134 e. The summed E-state index contributed by atoms with van der Waals surface area (Å²) in [4.78, 5) is 1.28. The summed E-state index contributed by atoms with van der Waals surface area (Å²) in [5.74, 6) is 0.989. The molecule has 1 atom stereocenters. The van der Waals surface area contributed by atoms with Gasteiger partial charge in [-0.05, 0) is 36.9 Å². The number of benzene rings is 1. The van der Waals surface area contributed by atoms with Gasteiger partial charge in [-0.2, -0.15) is 0 Å². The van der Waals surface area contributed by atoms with E-state index in [1.54, 1.807) is 18.4 Å². The summed E-state index contributed by atoms with van der Waals surface area (Å²) in [7, 11) is 1.74. The summed E-state index contributed by atoms with van der Waals surface area (Å²) in [5.41, 5.74) is 2.67. The van der Waals surface area contributed by atoms with E-state index in [0.29, 0.717) is 6.04 Å². The Kier molecular flexibility index (Phi) is 5.00. The van der Waals surface area contributed by atoms with Gasteiger partial charge in [0.1, 0.15) is 5.75 Å². The summed E-state index contributed by atoms with van der Waals surface area (Å²) in [5, 5.41) is 5.65. The molecule has 0 aliphatic carbocycles. The van der Waals surface area contributed by atoms with Gasteiger partial charge in [0.15, 0.2) is 0 Å². The summed E-state index contributed by atoms with van der Waals surface area (Å²) in [6, 6.07) is 11.1. The second-order valence-electron chi connectivity index (χ2n) is 4.66. The second kappa shape index (κ2) is 6.73. The summed E-state index contributed by atoms with van der Waals surface area (Å²) < 4.78 is 5.44. The molecule has 0 saturated heterocycles. The molecule has 2 nitrogen and oxygen atoms in total. The van der Waals surface area contributed by atoms with Crippen LogP contribution in [0, 0.1) is 6.92 Å². The highest BCUT2D eigenvalue weighted by Crippen LogP contribution is 2.32. The Morgan fingerprint density at radius 3 is 2.84 bits per heavy atom. The quantitative estimate of drug-likeness (QED) is 0.861. The first-order valence-corrected chi connectivity index (χ1v) is 7.53. The van der Waals surface area contributed by atoms with Crippen LogP contribution in [0.3, 0.4) is 0 Å². The van der Waals surface area contributed by atoms with Crippen molar-refractivity contribution in [1.29, 1.82) is 0 Å². The topological polar surface area (TPSA) is 21.3 Å². The van der Waals surface area contributed by atoms with Crippen molar-refractivity contribution in [2.24, 2.45) is 0 Å². The fraction of sp³-hybridized carbons (Fsp3) is 0.375. The van der Waals surface area contributed by atoms with E-state index in [2.05, 4.69) is 48.8 Å². The molecule has 0 saturated carbocycles. The molecule has 19 heavy (non-hydrogen) atoms. The number of ether oxygens (including phenoxy) is 1. The smallest absolute Gasteiger partial charge is 0.134 e. The van der Waals surface area contributed by atoms with E-state index < -0.39 is 0 Å². The first-order valence-electron chi connectivity index (χ1n) is 6.65. The SMILES string of the molecule is CCNC(Cc1cccc(C)c1)c1sccc1OC. The van der Waals surface area contributed by atoms with Gasteiger partial charge in [0.05, 0.1) is 12.0 Å². The number of hydrogen-bond acceptors (Lipinski definition) is 3. The molecule has 0 fully saturated rings. The van der Waals surface area contributed by atoms with Crippen molar-refractivity contribution < 1.29 is 4.74 Å². The fourth-order valence-electron chi connectivity index (χ4n) is 2.31. The van der Waals surface area contributed by atoms with Gasteiger partial charge in [-0.25, -0.2) is 0 Å². The lowest BCUT2D eigenvalue weighted by molar-refractivity contribution is 0.403. The molecular weight excluding hydrogens is 254 g/mol. The number of hydrogen-bond donors (Lipinski definition) is 1. The third kappa shape index (κ3) is 3.58. The maximum atomic E-state index is 5.44. The average molecular weight is 275 g/mol. The molecule has 2 rings (SSSR count). The van der Waals surface area contributed by atoms with Gasteiger partial charge in [-0.1, -0.05) is 36.8 Å². The molecule has 1 unspecified atom stereocenters. The van der Waals surface area contributed by atoms with E-state index in [1.165, 1.54) is 16.0 Å². The highest BCUT2D eigenvalue weighted by molar-refractivity contribution is 7.10. The molecule has 0 aliphatic rings. The highest BCUT2D eigenvalue weighted by Gasteiger charge is 2.17. The van der Waals surface area contributed by atoms with Crippen molar-refractivity contribution >= 4 is 11.3 Å². The van der Waals surface area contributed by atoms with Gasteiger partial charge in [0, 0.05) is 6.04 Å². The van der Waals surface area contributed by atoms with Crippen LogP contribution in [-0.2, 0) is 6.42 Å². The van der Waals surface area contributed by atoms with Crippen LogP contribution in [0.15, 0.2) is 35.7 Å². The zero-order chi connectivity index (χ0) is 13.7. The largest absolute Gasteiger partial charge is 0.496 e. The van der Waals surface area contributed by atoms with Crippen LogP contribution >= 0.6 is 11.3 Å². The molecule has 1 heterocycles. The molecule has 0 spiro atoms. The predicted molar refractivity (Wildman–Crippen MR) is 82.2 cm³/mol. The van der Waals surface area contributed by atoms with E-state index in [4.69, 9.17) is 4.74 Å². The summed E-state index contributed by atoms with van der Waals surface area (Å²) in [6.45, 7) is 5.23. The first-order chi connectivity index (χ1) is 9.24. The van der Waals surface area contributed by atoms with Gasteiger partial charge < -0.3 is 10.1 Å². The van der Waals surface area contributed by atoms with Gasteiger partial charge in [0.2, 0.25) is 0 Å². The lowest BCUT2D eigenvalue weighted by Gasteiger charge is -2.18. The number of likely N-dealkylation sites (N-methyl/N-ethyl adjacent to an activating group) is 1. The van der Waals surface area contributed by atoms with Crippen LogP contribution in [0.1, 0.15) is 29.0 Å². The molecule has 0 amide bonds. The minimum absolute atomic E-state index is 0.321. The van der Waals surface area contributed by atoms with Crippen LogP contribution in [0.4, 0.5) is 0 Å². The Bertz CT molecular complexity index is 521. The monoisotopic (exact) mass is 275 g/mol. The molecule has 2 aromatic rings. The predicted octanol–water partition coefficient (Wildman–Crippen LogP) is 3.96. The van der Waals surface area contributed by atoms with Gasteiger partial charge in [-0.3, -0.25) is 0 Å². The molecular formula is C16H21NOS. The van der Waals surface area contributed by atoms with Gasteiger partial charge in [-0.15, -0.1) is 11.3 Å². The lowest BCUT2D eigenvalue weighted by atomic mass is 10.0. The van der Waals surface area contributed by atoms with Crippen LogP contribution in [-0.4, -0.2) is 13.7 Å². The zero-order valence-electron chi connectivity index (χ0n) is 11.8.